The van der Waals surface area contributed by atoms with Crippen molar-refractivity contribution in [3.8, 4) is 17.2 Å². The highest BCUT2D eigenvalue weighted by Crippen LogP contribution is 2.33. The van der Waals surface area contributed by atoms with Gasteiger partial charge in [0.05, 0.1) is 54.9 Å². The fraction of sp³-hybridized carbons (Fsp3) is 0.394. The molecule has 1 fully saturated rings. The summed E-state index contributed by atoms with van der Waals surface area (Å²) in [4.78, 5) is 46.8. The van der Waals surface area contributed by atoms with Crippen molar-refractivity contribution in [2.24, 2.45) is 4.99 Å². The van der Waals surface area contributed by atoms with Gasteiger partial charge in [0.2, 0.25) is 0 Å². The lowest BCUT2D eigenvalue weighted by Crippen LogP contribution is -2.43. The summed E-state index contributed by atoms with van der Waals surface area (Å²) in [6.45, 7) is 9.52. The molecule has 0 spiro atoms. The number of ether oxygens (including phenoxy) is 5. The first-order valence-electron chi connectivity index (χ1n) is 14.8. The number of nitrogens with zero attached hydrogens (tertiary/aromatic N) is 3. The standard InChI is InChI=1S/C33H37N3O8S/c1-6-42-26-16-22(10-11-25(26)43-19-28(37)35-12-14-41-15-13-35)17-27-31(38)36-30(23-8-7-9-24(18-23)40-5)29(32(39)44-20(2)3)21(4)34-33(36)45-27/h7-11,16-18,20,30H,6,12-15,19H2,1-5H3/b27-17-/t30-/m0/s1. The zero-order chi connectivity index (χ0) is 32.1. The summed E-state index contributed by atoms with van der Waals surface area (Å²) in [5, 5.41) is 0. The highest BCUT2D eigenvalue weighted by Gasteiger charge is 2.34. The molecule has 12 heteroatoms. The molecule has 0 unspecified atom stereocenters. The largest absolute Gasteiger partial charge is 0.497 e. The van der Waals surface area contributed by atoms with Crippen molar-refractivity contribution < 1.29 is 33.3 Å². The van der Waals surface area contributed by atoms with E-state index in [0.717, 1.165) is 0 Å². The lowest BCUT2D eigenvalue weighted by molar-refractivity contribution is -0.143. The minimum atomic E-state index is -0.761. The topological polar surface area (TPSA) is 118 Å². The number of morpholine rings is 1. The minimum Gasteiger partial charge on any atom is -0.497 e. The Hall–Kier alpha value is -4.42. The number of fused-ring (bicyclic) bond motifs is 1. The number of thiazole rings is 1. The first-order chi connectivity index (χ1) is 21.7. The number of hydrogen-bond acceptors (Lipinski definition) is 10. The summed E-state index contributed by atoms with van der Waals surface area (Å²) in [7, 11) is 1.56. The van der Waals surface area contributed by atoms with Gasteiger partial charge in [-0.15, -0.1) is 0 Å². The molecule has 3 heterocycles. The summed E-state index contributed by atoms with van der Waals surface area (Å²) in [5.74, 6) is 0.829. The van der Waals surface area contributed by atoms with E-state index in [1.165, 1.54) is 15.9 Å². The van der Waals surface area contributed by atoms with Crippen LogP contribution < -0.4 is 29.1 Å². The molecule has 1 atom stereocenters. The molecule has 0 bridgehead atoms. The number of allylic oxidation sites excluding steroid dienone is 1. The fourth-order valence-corrected chi connectivity index (χ4v) is 6.23. The second kappa shape index (κ2) is 14.1. The normalized spacial score (nSPS) is 16.7. The van der Waals surface area contributed by atoms with Crippen LogP contribution in [-0.2, 0) is 19.1 Å². The van der Waals surface area contributed by atoms with Gasteiger partial charge >= 0.3 is 5.97 Å². The molecule has 238 valence electrons. The molecule has 0 N–H and O–H groups in total. The Kier molecular flexibility index (Phi) is 10.0. The molecule has 2 aromatic carbocycles. The van der Waals surface area contributed by atoms with Gasteiger partial charge in [-0.2, -0.15) is 0 Å². The SMILES string of the molecule is CCOc1cc(/C=c2\sc3n(c2=O)[C@@H](c2cccc(OC)c2)C(C(=O)OC(C)C)=C(C)N=3)ccc1OCC(=O)N1CCOCC1. The van der Waals surface area contributed by atoms with E-state index in [-0.39, 0.29) is 24.2 Å². The first kappa shape index (κ1) is 32.0. The summed E-state index contributed by atoms with van der Waals surface area (Å²) >= 11 is 1.23. The molecular formula is C33H37N3O8S. The van der Waals surface area contributed by atoms with Crippen LogP contribution in [0.4, 0.5) is 0 Å². The first-order valence-corrected chi connectivity index (χ1v) is 15.6. The van der Waals surface area contributed by atoms with Crippen LogP contribution in [-0.4, -0.2) is 74.1 Å². The van der Waals surface area contributed by atoms with E-state index in [1.807, 2.05) is 19.1 Å². The Labute approximate surface area is 265 Å². The van der Waals surface area contributed by atoms with Gasteiger partial charge in [-0.25, -0.2) is 9.79 Å². The zero-order valence-electron chi connectivity index (χ0n) is 26.0. The lowest BCUT2D eigenvalue weighted by atomic mass is 9.95. The Morgan fingerprint density at radius 2 is 1.89 bits per heavy atom. The Bertz CT molecular complexity index is 1790. The molecule has 2 aliphatic rings. The fourth-order valence-electron chi connectivity index (χ4n) is 5.18. The number of carbonyl (C=O) groups is 2. The highest BCUT2D eigenvalue weighted by atomic mass is 32.1. The second-order valence-corrected chi connectivity index (χ2v) is 11.7. The Morgan fingerprint density at radius 3 is 2.60 bits per heavy atom. The van der Waals surface area contributed by atoms with Crippen molar-refractivity contribution in [1.29, 1.82) is 0 Å². The van der Waals surface area contributed by atoms with Crippen molar-refractivity contribution >= 4 is 29.3 Å². The van der Waals surface area contributed by atoms with E-state index >= 15 is 0 Å². The van der Waals surface area contributed by atoms with Gasteiger partial charge < -0.3 is 28.6 Å². The molecule has 45 heavy (non-hydrogen) atoms. The third kappa shape index (κ3) is 7.12. The Balaban J connectivity index is 1.52. The van der Waals surface area contributed by atoms with Gasteiger partial charge in [0.1, 0.15) is 5.75 Å². The number of carbonyl (C=O) groups excluding carboxylic acids is 2. The average Bonchev–Trinajstić information content (AvgIpc) is 3.33. The smallest absolute Gasteiger partial charge is 0.338 e. The van der Waals surface area contributed by atoms with E-state index < -0.39 is 12.0 Å². The van der Waals surface area contributed by atoms with E-state index in [2.05, 4.69) is 4.99 Å². The third-order valence-corrected chi connectivity index (χ3v) is 8.26. The minimum absolute atomic E-state index is 0.122. The quantitative estimate of drug-likeness (QED) is 0.312. The van der Waals surface area contributed by atoms with Gasteiger partial charge in [0, 0.05) is 13.1 Å². The van der Waals surface area contributed by atoms with Crippen molar-refractivity contribution in [2.75, 3.05) is 46.6 Å². The van der Waals surface area contributed by atoms with Gasteiger partial charge in [0.25, 0.3) is 11.5 Å². The van der Waals surface area contributed by atoms with Crippen molar-refractivity contribution in [1.82, 2.24) is 9.47 Å². The van der Waals surface area contributed by atoms with E-state index in [9.17, 15) is 14.4 Å². The van der Waals surface area contributed by atoms with Gasteiger partial charge in [-0.1, -0.05) is 29.5 Å². The predicted molar refractivity (Wildman–Crippen MR) is 168 cm³/mol. The molecule has 0 aliphatic carbocycles. The number of amides is 1. The maximum Gasteiger partial charge on any atom is 0.338 e. The van der Waals surface area contributed by atoms with Gasteiger partial charge in [-0.3, -0.25) is 14.2 Å². The average molecular weight is 636 g/mol. The van der Waals surface area contributed by atoms with Crippen LogP contribution in [0.2, 0.25) is 0 Å². The lowest BCUT2D eigenvalue weighted by Gasteiger charge is -2.26. The molecule has 2 aliphatic heterocycles. The van der Waals surface area contributed by atoms with Crippen LogP contribution in [0.15, 0.2) is 63.5 Å². The van der Waals surface area contributed by atoms with Crippen molar-refractivity contribution in [3.05, 3.63) is 84.5 Å². The number of hydrogen-bond donors (Lipinski definition) is 0. The van der Waals surface area contributed by atoms with E-state index in [4.69, 9.17) is 23.7 Å². The molecule has 0 saturated carbocycles. The van der Waals surface area contributed by atoms with Crippen LogP contribution in [0.1, 0.15) is 44.9 Å². The summed E-state index contributed by atoms with van der Waals surface area (Å²) in [6.07, 6.45) is 1.40. The number of aromatic nitrogens is 1. The van der Waals surface area contributed by atoms with E-state index in [1.54, 1.807) is 69.2 Å². The Morgan fingerprint density at radius 1 is 1.11 bits per heavy atom. The maximum absolute atomic E-state index is 14.0. The summed E-state index contributed by atoms with van der Waals surface area (Å²) < 4.78 is 30.0. The molecule has 1 aromatic heterocycles. The van der Waals surface area contributed by atoms with Crippen LogP contribution in [0.5, 0.6) is 17.2 Å². The summed E-state index contributed by atoms with van der Waals surface area (Å²) in [5.41, 5.74) is 1.86. The maximum atomic E-state index is 14.0. The molecule has 1 amide bonds. The molecule has 11 nitrogen and oxygen atoms in total. The van der Waals surface area contributed by atoms with Crippen LogP contribution in [0, 0.1) is 0 Å². The summed E-state index contributed by atoms with van der Waals surface area (Å²) in [6, 6.07) is 11.8. The number of esters is 1. The highest BCUT2D eigenvalue weighted by molar-refractivity contribution is 7.07. The second-order valence-electron chi connectivity index (χ2n) is 10.7. The van der Waals surface area contributed by atoms with Crippen LogP contribution in [0.3, 0.4) is 0 Å². The van der Waals surface area contributed by atoms with Crippen LogP contribution in [0.25, 0.3) is 6.08 Å². The monoisotopic (exact) mass is 635 g/mol. The van der Waals surface area contributed by atoms with Crippen molar-refractivity contribution in [2.45, 2.75) is 39.8 Å². The molecule has 3 aromatic rings. The molecular weight excluding hydrogens is 598 g/mol. The zero-order valence-corrected chi connectivity index (χ0v) is 26.8. The number of methoxy groups -OCH3 is 1. The molecule has 1 saturated heterocycles. The number of benzene rings is 2. The van der Waals surface area contributed by atoms with Gasteiger partial charge in [-0.05, 0) is 69.2 Å². The van der Waals surface area contributed by atoms with E-state index in [0.29, 0.717) is 81.9 Å². The predicted octanol–water partition coefficient (Wildman–Crippen LogP) is 2.83. The molecule has 0 radical (unpaired) electrons. The van der Waals surface area contributed by atoms with Crippen molar-refractivity contribution in [3.63, 3.8) is 0 Å². The number of rotatable bonds is 10. The third-order valence-electron chi connectivity index (χ3n) is 7.27. The van der Waals surface area contributed by atoms with Gasteiger partial charge in [0.15, 0.2) is 22.9 Å². The van der Waals surface area contributed by atoms with Crippen LogP contribution >= 0.6 is 11.3 Å². The molecule has 5 rings (SSSR count).